The van der Waals surface area contributed by atoms with Crippen LogP contribution >= 0.6 is 0 Å². The number of hydrogen-bond acceptors (Lipinski definition) is 4. The average Bonchev–Trinajstić information content (AvgIpc) is 2.85. The van der Waals surface area contributed by atoms with Crippen LogP contribution in [0.25, 0.3) is 17.0 Å². The van der Waals surface area contributed by atoms with Crippen molar-refractivity contribution >= 4 is 11.7 Å². The van der Waals surface area contributed by atoms with Crippen molar-refractivity contribution in [2.24, 2.45) is 0 Å². The second-order valence-corrected chi connectivity index (χ2v) is 4.62. The first kappa shape index (κ1) is 12.3. The van der Waals surface area contributed by atoms with Gasteiger partial charge >= 0.3 is 5.97 Å². The lowest BCUT2D eigenvalue weighted by molar-refractivity contribution is 0.0687. The predicted molar refractivity (Wildman–Crippen MR) is 72.7 cm³/mol. The molecule has 0 radical (unpaired) electrons. The van der Waals surface area contributed by atoms with Gasteiger partial charge in [0.15, 0.2) is 5.69 Å². The Morgan fingerprint density at radius 1 is 1.25 bits per heavy atom. The molecule has 0 unspecified atom stereocenters. The number of carboxylic acid groups (broad SMARTS) is 1. The van der Waals surface area contributed by atoms with Gasteiger partial charge in [0.05, 0.1) is 5.69 Å². The van der Waals surface area contributed by atoms with Crippen LogP contribution in [-0.4, -0.2) is 30.7 Å². The molecule has 0 saturated heterocycles. The van der Waals surface area contributed by atoms with Gasteiger partial charge in [0.1, 0.15) is 6.33 Å². The van der Waals surface area contributed by atoms with Crippen molar-refractivity contribution in [3.05, 3.63) is 47.4 Å². The number of rotatable bonds is 2. The molecule has 0 aliphatic rings. The molecule has 20 heavy (non-hydrogen) atoms. The average molecular weight is 268 g/mol. The Morgan fingerprint density at radius 2 is 2.05 bits per heavy atom. The molecule has 0 aliphatic carbocycles. The molecule has 0 spiro atoms. The first-order chi connectivity index (χ1) is 9.56. The molecule has 0 amide bonds. The van der Waals surface area contributed by atoms with Crippen LogP contribution in [0, 0.1) is 13.8 Å². The van der Waals surface area contributed by atoms with Crippen molar-refractivity contribution in [3.63, 3.8) is 0 Å². The highest BCUT2D eigenvalue weighted by Crippen LogP contribution is 2.23. The fourth-order valence-electron chi connectivity index (χ4n) is 2.20. The van der Waals surface area contributed by atoms with Gasteiger partial charge in [-0.15, -0.1) is 0 Å². The lowest BCUT2D eigenvalue weighted by atomic mass is 10.0. The van der Waals surface area contributed by atoms with Gasteiger partial charge in [-0.1, -0.05) is 23.8 Å². The summed E-state index contributed by atoms with van der Waals surface area (Å²) in [5, 5.41) is 13.1. The fourth-order valence-corrected chi connectivity index (χ4v) is 2.20. The Hall–Kier alpha value is -2.76. The van der Waals surface area contributed by atoms with E-state index in [0.717, 1.165) is 16.7 Å². The number of aryl methyl sites for hydroxylation is 2. The first-order valence-corrected chi connectivity index (χ1v) is 6.08. The molecule has 0 atom stereocenters. The topological polar surface area (TPSA) is 80.4 Å². The third-order valence-electron chi connectivity index (χ3n) is 3.13. The number of fused-ring (bicyclic) bond motifs is 1. The molecule has 2 heterocycles. The van der Waals surface area contributed by atoms with E-state index in [1.54, 1.807) is 0 Å². The van der Waals surface area contributed by atoms with E-state index in [1.807, 2.05) is 32.0 Å². The van der Waals surface area contributed by atoms with Crippen LogP contribution in [0.4, 0.5) is 0 Å². The predicted octanol–water partition coefficient (Wildman–Crippen LogP) is 2.11. The van der Waals surface area contributed by atoms with Crippen molar-refractivity contribution in [2.45, 2.75) is 13.8 Å². The second kappa shape index (κ2) is 4.41. The number of nitrogens with zero attached hydrogens (tertiary/aromatic N) is 4. The van der Waals surface area contributed by atoms with E-state index in [2.05, 4.69) is 15.1 Å². The van der Waals surface area contributed by atoms with E-state index >= 15 is 0 Å². The van der Waals surface area contributed by atoms with Gasteiger partial charge in [-0.2, -0.15) is 14.6 Å². The highest BCUT2D eigenvalue weighted by atomic mass is 16.4. The summed E-state index contributed by atoms with van der Waals surface area (Å²) in [4.78, 5) is 19.7. The minimum absolute atomic E-state index is 0.0440. The molecule has 1 N–H and O–H groups in total. The van der Waals surface area contributed by atoms with Crippen LogP contribution < -0.4 is 0 Å². The van der Waals surface area contributed by atoms with E-state index in [1.165, 1.54) is 16.9 Å². The van der Waals surface area contributed by atoms with Crippen LogP contribution in [0.15, 0.2) is 30.6 Å². The quantitative estimate of drug-likeness (QED) is 0.769. The van der Waals surface area contributed by atoms with E-state index < -0.39 is 5.97 Å². The van der Waals surface area contributed by atoms with E-state index in [0.29, 0.717) is 5.69 Å². The smallest absolute Gasteiger partial charge is 0.354 e. The molecule has 0 bridgehead atoms. The summed E-state index contributed by atoms with van der Waals surface area (Å²) in [6.45, 7) is 3.98. The molecular formula is C14H12N4O2. The highest BCUT2D eigenvalue weighted by molar-refractivity contribution is 5.88. The fraction of sp³-hybridized carbons (Fsp3) is 0.143. The third kappa shape index (κ3) is 1.91. The summed E-state index contributed by atoms with van der Waals surface area (Å²) in [5.41, 5.74) is 3.71. The molecule has 6 heteroatoms. The second-order valence-electron chi connectivity index (χ2n) is 4.62. The molecule has 0 fully saturated rings. The largest absolute Gasteiger partial charge is 0.477 e. The highest BCUT2D eigenvalue weighted by Gasteiger charge is 2.15. The van der Waals surface area contributed by atoms with Gasteiger partial charge < -0.3 is 5.11 Å². The summed E-state index contributed by atoms with van der Waals surface area (Å²) in [6, 6.07) is 7.46. The van der Waals surface area contributed by atoms with E-state index in [-0.39, 0.29) is 11.5 Å². The third-order valence-corrected chi connectivity index (χ3v) is 3.13. The Balaban J connectivity index is 2.28. The minimum atomic E-state index is -1.06. The maximum absolute atomic E-state index is 11.3. The van der Waals surface area contributed by atoms with Gasteiger partial charge in [0, 0.05) is 5.56 Å². The van der Waals surface area contributed by atoms with Gasteiger partial charge in [0.2, 0.25) is 0 Å². The van der Waals surface area contributed by atoms with Gasteiger partial charge in [-0.05, 0) is 25.5 Å². The van der Waals surface area contributed by atoms with Crippen LogP contribution in [0.1, 0.15) is 21.6 Å². The Labute approximate surface area is 114 Å². The van der Waals surface area contributed by atoms with Crippen molar-refractivity contribution < 1.29 is 9.90 Å². The maximum Gasteiger partial charge on any atom is 0.354 e. The summed E-state index contributed by atoms with van der Waals surface area (Å²) in [7, 11) is 0. The van der Waals surface area contributed by atoms with Gasteiger partial charge in [-0.25, -0.2) is 9.78 Å². The number of carbonyl (C=O) groups is 1. The number of carboxylic acids is 1. The Morgan fingerprint density at radius 3 is 2.75 bits per heavy atom. The number of aromatic nitrogens is 4. The monoisotopic (exact) mass is 268 g/mol. The standard InChI is InChI=1S/C14H12N4O2/c1-8-3-4-10(9(2)5-8)11-6-12(13(19)20)18-14(17-11)15-7-16-18/h3-7H,1-2H3,(H,19,20). The SMILES string of the molecule is Cc1ccc(-c2cc(C(=O)O)n3ncnc3n2)c(C)c1. The van der Waals surface area contributed by atoms with Crippen LogP contribution in [0.2, 0.25) is 0 Å². The van der Waals surface area contributed by atoms with Crippen LogP contribution in [0.3, 0.4) is 0 Å². The minimum Gasteiger partial charge on any atom is -0.477 e. The van der Waals surface area contributed by atoms with Crippen molar-refractivity contribution in [3.8, 4) is 11.3 Å². The lowest BCUT2D eigenvalue weighted by Gasteiger charge is -2.08. The summed E-state index contributed by atoms with van der Waals surface area (Å²) >= 11 is 0. The molecule has 0 aliphatic heterocycles. The zero-order valence-electron chi connectivity index (χ0n) is 11.0. The molecule has 2 aromatic heterocycles. The van der Waals surface area contributed by atoms with Crippen LogP contribution in [-0.2, 0) is 0 Å². The van der Waals surface area contributed by atoms with Gasteiger partial charge in [0.25, 0.3) is 5.78 Å². The van der Waals surface area contributed by atoms with E-state index in [4.69, 9.17) is 0 Å². The number of hydrogen-bond donors (Lipinski definition) is 1. The van der Waals surface area contributed by atoms with Crippen molar-refractivity contribution in [2.75, 3.05) is 0 Å². The summed E-state index contributed by atoms with van der Waals surface area (Å²) < 4.78 is 1.22. The molecule has 100 valence electrons. The molecule has 3 aromatic rings. The first-order valence-electron chi connectivity index (χ1n) is 6.08. The maximum atomic E-state index is 11.3. The number of benzene rings is 1. The lowest BCUT2D eigenvalue weighted by Crippen LogP contribution is -2.08. The Kier molecular flexibility index (Phi) is 2.71. The molecule has 1 aromatic carbocycles. The van der Waals surface area contributed by atoms with E-state index in [9.17, 15) is 9.90 Å². The van der Waals surface area contributed by atoms with Gasteiger partial charge in [-0.3, -0.25) is 0 Å². The Bertz CT molecular complexity index is 823. The number of aromatic carboxylic acids is 1. The summed E-state index contributed by atoms with van der Waals surface area (Å²) in [6.07, 6.45) is 1.29. The molecule has 6 nitrogen and oxygen atoms in total. The van der Waals surface area contributed by atoms with Crippen molar-refractivity contribution in [1.82, 2.24) is 19.6 Å². The molecule has 0 saturated carbocycles. The molecule has 3 rings (SSSR count). The van der Waals surface area contributed by atoms with Crippen molar-refractivity contribution in [1.29, 1.82) is 0 Å². The summed E-state index contributed by atoms with van der Waals surface area (Å²) in [5.74, 6) is -0.784. The molecular weight excluding hydrogens is 256 g/mol. The zero-order chi connectivity index (χ0) is 14.3. The normalized spacial score (nSPS) is 10.9. The van der Waals surface area contributed by atoms with Crippen LogP contribution in [0.5, 0.6) is 0 Å². The zero-order valence-corrected chi connectivity index (χ0v) is 11.0.